The molecule has 0 unspecified atom stereocenters. The van der Waals surface area contributed by atoms with Gasteiger partial charge in [0.2, 0.25) is 0 Å². The SMILES string of the molecule is COc1cccc2ccc(CN3CCC[C@H](N4CCc5ccccc5C4)C3)nc12. The van der Waals surface area contributed by atoms with Crippen molar-refractivity contribution in [2.45, 2.75) is 38.4 Å². The summed E-state index contributed by atoms with van der Waals surface area (Å²) in [5.74, 6) is 0.854. The number of methoxy groups -OCH3 is 1. The molecule has 1 fully saturated rings. The first-order valence-electron chi connectivity index (χ1n) is 10.8. The molecule has 0 N–H and O–H groups in total. The Morgan fingerprint density at radius 1 is 1.00 bits per heavy atom. The summed E-state index contributed by atoms with van der Waals surface area (Å²) in [6, 6.07) is 20.0. The summed E-state index contributed by atoms with van der Waals surface area (Å²) in [4.78, 5) is 10.2. The number of aromatic nitrogens is 1. The zero-order valence-electron chi connectivity index (χ0n) is 17.2. The molecule has 3 aromatic rings. The highest BCUT2D eigenvalue weighted by atomic mass is 16.5. The van der Waals surface area contributed by atoms with Gasteiger partial charge in [-0.25, -0.2) is 4.98 Å². The van der Waals surface area contributed by atoms with Crippen LogP contribution >= 0.6 is 0 Å². The van der Waals surface area contributed by atoms with Crippen LogP contribution in [0, 0.1) is 0 Å². The number of piperidine rings is 1. The highest BCUT2D eigenvalue weighted by Crippen LogP contribution is 2.26. The third-order valence-electron chi connectivity index (χ3n) is 6.50. The van der Waals surface area contributed by atoms with Gasteiger partial charge in [0.05, 0.1) is 12.8 Å². The molecule has 0 radical (unpaired) electrons. The fourth-order valence-electron chi connectivity index (χ4n) is 4.94. The Balaban J connectivity index is 1.29. The lowest BCUT2D eigenvalue weighted by molar-refractivity contribution is 0.0832. The van der Waals surface area contributed by atoms with E-state index in [1.54, 1.807) is 7.11 Å². The number of fused-ring (bicyclic) bond motifs is 2. The fraction of sp³-hybridized carbons (Fsp3) is 0.400. The first-order chi connectivity index (χ1) is 14.3. The van der Waals surface area contributed by atoms with Crippen molar-refractivity contribution >= 4 is 10.9 Å². The highest BCUT2D eigenvalue weighted by Gasteiger charge is 2.28. The lowest BCUT2D eigenvalue weighted by atomic mass is 9.96. The maximum Gasteiger partial charge on any atom is 0.145 e. The van der Waals surface area contributed by atoms with E-state index in [0.717, 1.165) is 48.5 Å². The Morgan fingerprint density at radius 2 is 1.90 bits per heavy atom. The van der Waals surface area contributed by atoms with Gasteiger partial charge in [0.15, 0.2) is 0 Å². The van der Waals surface area contributed by atoms with Crippen molar-refractivity contribution in [3.05, 3.63) is 71.4 Å². The number of ether oxygens (including phenoxy) is 1. The van der Waals surface area contributed by atoms with Gasteiger partial charge in [-0.3, -0.25) is 9.80 Å². The molecule has 2 aliphatic rings. The number of likely N-dealkylation sites (tertiary alicyclic amines) is 1. The molecule has 0 aliphatic carbocycles. The second kappa shape index (κ2) is 8.13. The smallest absolute Gasteiger partial charge is 0.145 e. The predicted octanol–water partition coefficient (Wildman–Crippen LogP) is 4.27. The second-order valence-corrected chi connectivity index (χ2v) is 8.35. The van der Waals surface area contributed by atoms with Crippen LogP contribution in [0.4, 0.5) is 0 Å². The van der Waals surface area contributed by atoms with Crippen molar-refractivity contribution in [3.63, 3.8) is 0 Å². The van der Waals surface area contributed by atoms with Crippen molar-refractivity contribution in [3.8, 4) is 5.75 Å². The maximum absolute atomic E-state index is 5.51. The Bertz CT molecular complexity index is 1000. The minimum absolute atomic E-state index is 0.645. The van der Waals surface area contributed by atoms with Crippen LogP contribution in [0.15, 0.2) is 54.6 Å². The summed E-state index contributed by atoms with van der Waals surface area (Å²) < 4.78 is 5.51. The average Bonchev–Trinajstić information content (AvgIpc) is 2.78. The largest absolute Gasteiger partial charge is 0.494 e. The summed E-state index contributed by atoms with van der Waals surface area (Å²) in [6.45, 7) is 5.48. The third-order valence-corrected chi connectivity index (χ3v) is 6.50. The molecule has 3 heterocycles. The number of hydrogen-bond acceptors (Lipinski definition) is 4. The van der Waals surface area contributed by atoms with Crippen LogP contribution in [0.25, 0.3) is 10.9 Å². The molecule has 1 atom stereocenters. The van der Waals surface area contributed by atoms with Crippen LogP contribution < -0.4 is 4.74 Å². The van der Waals surface area contributed by atoms with Gasteiger partial charge >= 0.3 is 0 Å². The van der Waals surface area contributed by atoms with E-state index in [0.29, 0.717) is 6.04 Å². The molecule has 1 aromatic heterocycles. The van der Waals surface area contributed by atoms with Crippen molar-refractivity contribution < 1.29 is 4.74 Å². The van der Waals surface area contributed by atoms with Crippen molar-refractivity contribution in [1.29, 1.82) is 0 Å². The Hall–Kier alpha value is -2.43. The molecule has 4 nitrogen and oxygen atoms in total. The van der Waals surface area contributed by atoms with Crippen LogP contribution in [-0.4, -0.2) is 47.6 Å². The number of hydrogen-bond donors (Lipinski definition) is 0. The summed E-state index contributed by atoms with van der Waals surface area (Å²) in [5, 5.41) is 1.14. The Labute approximate surface area is 173 Å². The monoisotopic (exact) mass is 387 g/mol. The third kappa shape index (κ3) is 3.87. The first kappa shape index (κ1) is 18.6. The van der Waals surface area contributed by atoms with Gasteiger partial charge in [-0.05, 0) is 49.1 Å². The van der Waals surface area contributed by atoms with E-state index >= 15 is 0 Å². The van der Waals surface area contributed by atoms with E-state index in [4.69, 9.17) is 9.72 Å². The molecule has 29 heavy (non-hydrogen) atoms. The van der Waals surface area contributed by atoms with Crippen LogP contribution in [0.3, 0.4) is 0 Å². The van der Waals surface area contributed by atoms with Gasteiger partial charge in [0.25, 0.3) is 0 Å². The molecule has 0 amide bonds. The summed E-state index contributed by atoms with van der Waals surface area (Å²) in [6.07, 6.45) is 3.75. The highest BCUT2D eigenvalue weighted by molar-refractivity contribution is 5.84. The molecule has 0 saturated carbocycles. The van der Waals surface area contributed by atoms with Crippen LogP contribution in [0.1, 0.15) is 29.7 Å². The molecule has 2 aliphatic heterocycles. The van der Waals surface area contributed by atoms with Gasteiger partial charge in [0, 0.05) is 37.6 Å². The molecular formula is C25H29N3O. The molecule has 1 saturated heterocycles. The first-order valence-corrected chi connectivity index (χ1v) is 10.8. The van der Waals surface area contributed by atoms with Gasteiger partial charge < -0.3 is 4.74 Å². The van der Waals surface area contributed by atoms with Crippen LogP contribution in [-0.2, 0) is 19.5 Å². The number of benzene rings is 2. The molecule has 0 spiro atoms. The zero-order valence-corrected chi connectivity index (χ0v) is 17.2. The molecular weight excluding hydrogens is 358 g/mol. The molecule has 150 valence electrons. The van der Waals surface area contributed by atoms with Crippen LogP contribution in [0.5, 0.6) is 5.75 Å². The normalized spacial score (nSPS) is 20.5. The van der Waals surface area contributed by atoms with Gasteiger partial charge in [-0.2, -0.15) is 0 Å². The van der Waals surface area contributed by atoms with Crippen LogP contribution in [0.2, 0.25) is 0 Å². The van der Waals surface area contributed by atoms with E-state index in [-0.39, 0.29) is 0 Å². The lowest BCUT2D eigenvalue weighted by Gasteiger charge is -2.41. The van der Waals surface area contributed by atoms with E-state index in [9.17, 15) is 0 Å². The van der Waals surface area contributed by atoms with Gasteiger partial charge in [-0.15, -0.1) is 0 Å². The summed E-state index contributed by atoms with van der Waals surface area (Å²) in [7, 11) is 1.72. The number of para-hydroxylation sites is 1. The summed E-state index contributed by atoms with van der Waals surface area (Å²) >= 11 is 0. The molecule has 5 rings (SSSR count). The topological polar surface area (TPSA) is 28.6 Å². The van der Waals surface area contributed by atoms with Gasteiger partial charge in [0.1, 0.15) is 11.3 Å². The maximum atomic E-state index is 5.51. The van der Waals surface area contributed by atoms with E-state index in [1.165, 1.54) is 36.9 Å². The minimum atomic E-state index is 0.645. The predicted molar refractivity (Wildman–Crippen MR) is 117 cm³/mol. The average molecular weight is 388 g/mol. The number of rotatable bonds is 4. The van der Waals surface area contributed by atoms with E-state index in [1.807, 2.05) is 12.1 Å². The molecule has 4 heteroatoms. The number of nitrogens with zero attached hydrogens (tertiary/aromatic N) is 3. The number of pyridine rings is 1. The molecule has 0 bridgehead atoms. The molecule has 2 aromatic carbocycles. The lowest BCUT2D eigenvalue weighted by Crippen LogP contribution is -2.49. The Morgan fingerprint density at radius 3 is 2.79 bits per heavy atom. The minimum Gasteiger partial charge on any atom is -0.494 e. The van der Waals surface area contributed by atoms with Crippen molar-refractivity contribution in [2.24, 2.45) is 0 Å². The standard InChI is InChI=1S/C25H29N3O/c1-29-24-10-4-8-20-11-12-22(26-25(20)24)17-27-14-5-9-23(18-27)28-15-13-19-6-2-3-7-21(19)16-28/h2-4,6-8,10-12,23H,5,9,13-18H2,1H3/t23-/m0/s1. The quantitative estimate of drug-likeness (QED) is 0.669. The van der Waals surface area contributed by atoms with Crippen molar-refractivity contribution in [1.82, 2.24) is 14.8 Å². The van der Waals surface area contributed by atoms with E-state index in [2.05, 4.69) is 52.3 Å². The second-order valence-electron chi connectivity index (χ2n) is 8.35. The van der Waals surface area contributed by atoms with E-state index < -0.39 is 0 Å². The Kier molecular flexibility index (Phi) is 5.21. The fourth-order valence-corrected chi connectivity index (χ4v) is 4.94. The zero-order chi connectivity index (χ0) is 19.6. The van der Waals surface area contributed by atoms with Crippen molar-refractivity contribution in [2.75, 3.05) is 26.7 Å². The van der Waals surface area contributed by atoms with Gasteiger partial charge in [-0.1, -0.05) is 42.5 Å². The summed E-state index contributed by atoms with van der Waals surface area (Å²) in [5.41, 5.74) is 5.14.